The van der Waals surface area contributed by atoms with Crippen LogP contribution in [-0.2, 0) is 17.9 Å². The third-order valence-electron chi connectivity index (χ3n) is 4.04. The average molecular weight is 311 g/mol. The largest absolute Gasteiger partial charge is 0.351 e. The van der Waals surface area contributed by atoms with E-state index in [-0.39, 0.29) is 11.9 Å². The fourth-order valence-corrected chi connectivity index (χ4v) is 2.96. The van der Waals surface area contributed by atoms with E-state index in [4.69, 9.17) is 0 Å². The molecule has 0 aliphatic carbocycles. The van der Waals surface area contributed by atoms with Gasteiger partial charge in [0, 0.05) is 25.9 Å². The number of likely N-dealkylation sites (tertiary alicyclic amines) is 1. The molecule has 6 nitrogen and oxygen atoms in total. The van der Waals surface area contributed by atoms with Gasteiger partial charge in [-0.1, -0.05) is 6.07 Å². The highest BCUT2D eigenvalue weighted by Crippen LogP contribution is 2.31. The average Bonchev–Trinajstić information content (AvgIpc) is 3.02. The molecular formula is C17H21N5O. The van der Waals surface area contributed by atoms with Gasteiger partial charge in [0.25, 0.3) is 0 Å². The molecule has 23 heavy (non-hydrogen) atoms. The van der Waals surface area contributed by atoms with Crippen molar-refractivity contribution in [2.75, 3.05) is 6.54 Å². The molecule has 0 unspecified atom stereocenters. The van der Waals surface area contributed by atoms with Gasteiger partial charge in [-0.15, -0.1) is 0 Å². The van der Waals surface area contributed by atoms with Gasteiger partial charge in [-0.3, -0.25) is 24.6 Å². The first kappa shape index (κ1) is 15.6. The summed E-state index contributed by atoms with van der Waals surface area (Å²) in [6, 6.07) is 4.34. The van der Waals surface area contributed by atoms with Crippen LogP contribution in [-0.4, -0.2) is 32.3 Å². The number of nitrogens with zero attached hydrogens (tertiary/aromatic N) is 4. The van der Waals surface area contributed by atoms with E-state index in [2.05, 4.69) is 31.2 Å². The van der Waals surface area contributed by atoms with E-state index in [1.807, 2.05) is 18.5 Å². The summed E-state index contributed by atoms with van der Waals surface area (Å²) in [7, 11) is 0. The van der Waals surface area contributed by atoms with Gasteiger partial charge < -0.3 is 5.32 Å². The number of rotatable bonds is 5. The second-order valence-corrected chi connectivity index (χ2v) is 5.83. The number of carbonyl (C=O) groups excluding carboxylic acids is 1. The first-order valence-corrected chi connectivity index (χ1v) is 7.90. The van der Waals surface area contributed by atoms with E-state index < -0.39 is 0 Å². The molecular weight excluding hydrogens is 290 g/mol. The van der Waals surface area contributed by atoms with Crippen LogP contribution in [0.5, 0.6) is 0 Å². The van der Waals surface area contributed by atoms with Gasteiger partial charge in [0.15, 0.2) is 0 Å². The Morgan fingerprint density at radius 3 is 3.04 bits per heavy atom. The summed E-state index contributed by atoms with van der Waals surface area (Å²) >= 11 is 0. The number of pyridine rings is 1. The minimum Gasteiger partial charge on any atom is -0.351 e. The Morgan fingerprint density at radius 2 is 2.26 bits per heavy atom. The summed E-state index contributed by atoms with van der Waals surface area (Å²) in [5, 5.41) is 2.77. The first-order valence-electron chi connectivity index (χ1n) is 7.90. The third-order valence-corrected chi connectivity index (χ3v) is 4.04. The SMILES string of the molecule is CC(=O)NCc1cncc([C@@H]2CCCN2Cc2cccnc2)n1. The summed E-state index contributed by atoms with van der Waals surface area (Å²) in [6.07, 6.45) is 9.49. The lowest BCUT2D eigenvalue weighted by molar-refractivity contribution is -0.119. The molecule has 2 aromatic heterocycles. The minimum atomic E-state index is -0.0590. The topological polar surface area (TPSA) is 71.0 Å². The zero-order valence-electron chi connectivity index (χ0n) is 13.3. The molecule has 1 aliphatic rings. The van der Waals surface area contributed by atoms with Crippen molar-refractivity contribution in [3.63, 3.8) is 0 Å². The van der Waals surface area contributed by atoms with Crippen molar-refractivity contribution in [1.29, 1.82) is 0 Å². The predicted octanol–water partition coefficient (Wildman–Crippen LogP) is 1.84. The molecule has 0 saturated carbocycles. The Labute approximate surface area is 136 Å². The van der Waals surface area contributed by atoms with Crippen molar-refractivity contribution in [3.05, 3.63) is 53.9 Å². The minimum absolute atomic E-state index is 0.0590. The van der Waals surface area contributed by atoms with Crippen molar-refractivity contribution in [2.24, 2.45) is 0 Å². The fourth-order valence-electron chi connectivity index (χ4n) is 2.96. The van der Waals surface area contributed by atoms with Crippen LogP contribution < -0.4 is 5.32 Å². The Kier molecular flexibility index (Phi) is 4.92. The van der Waals surface area contributed by atoms with Crippen LogP contribution in [0.1, 0.15) is 42.8 Å². The van der Waals surface area contributed by atoms with Gasteiger partial charge in [0.1, 0.15) is 0 Å². The van der Waals surface area contributed by atoms with Crippen LogP contribution in [0.25, 0.3) is 0 Å². The molecule has 1 N–H and O–H groups in total. The lowest BCUT2D eigenvalue weighted by Gasteiger charge is -2.24. The normalized spacial score (nSPS) is 18.0. The Morgan fingerprint density at radius 1 is 1.35 bits per heavy atom. The molecule has 6 heteroatoms. The third kappa shape index (κ3) is 4.10. The van der Waals surface area contributed by atoms with Crippen LogP contribution in [0.3, 0.4) is 0 Å². The number of amides is 1. The Balaban J connectivity index is 1.72. The number of hydrogen-bond donors (Lipinski definition) is 1. The molecule has 3 heterocycles. The molecule has 0 bridgehead atoms. The maximum Gasteiger partial charge on any atom is 0.217 e. The molecule has 0 aromatic carbocycles. The van der Waals surface area contributed by atoms with Crippen molar-refractivity contribution in [1.82, 2.24) is 25.2 Å². The van der Waals surface area contributed by atoms with E-state index in [1.54, 1.807) is 12.4 Å². The van der Waals surface area contributed by atoms with Crippen LogP contribution >= 0.6 is 0 Å². The number of nitrogens with one attached hydrogen (secondary N) is 1. The van der Waals surface area contributed by atoms with E-state index >= 15 is 0 Å². The number of aromatic nitrogens is 3. The maximum absolute atomic E-state index is 11.0. The molecule has 1 saturated heterocycles. The Bertz CT molecular complexity index is 661. The Hall–Kier alpha value is -2.34. The summed E-state index contributed by atoms with van der Waals surface area (Å²) in [4.78, 5) is 26.6. The standard InChI is InChI=1S/C17H21N5O/c1-13(23)20-10-15-9-19-11-16(21-15)17-5-3-7-22(17)12-14-4-2-6-18-8-14/h2,4,6,8-9,11,17H,3,5,7,10,12H2,1H3,(H,20,23)/t17-/m0/s1. The zero-order valence-corrected chi connectivity index (χ0v) is 13.3. The monoisotopic (exact) mass is 311 g/mol. The first-order chi connectivity index (χ1) is 11.2. The molecule has 0 spiro atoms. The summed E-state index contributed by atoms with van der Waals surface area (Å²) in [5.74, 6) is -0.0590. The van der Waals surface area contributed by atoms with E-state index in [0.29, 0.717) is 6.54 Å². The summed E-state index contributed by atoms with van der Waals surface area (Å²) in [6.45, 7) is 3.85. The lowest BCUT2D eigenvalue weighted by Crippen LogP contribution is -2.25. The molecule has 3 rings (SSSR count). The molecule has 120 valence electrons. The van der Waals surface area contributed by atoms with Gasteiger partial charge in [-0.25, -0.2) is 0 Å². The van der Waals surface area contributed by atoms with Crippen LogP contribution in [0.2, 0.25) is 0 Å². The number of carbonyl (C=O) groups is 1. The van der Waals surface area contributed by atoms with Gasteiger partial charge in [0.2, 0.25) is 5.91 Å². The van der Waals surface area contributed by atoms with Crippen LogP contribution in [0.4, 0.5) is 0 Å². The molecule has 1 aliphatic heterocycles. The van der Waals surface area contributed by atoms with Crippen molar-refractivity contribution in [2.45, 2.75) is 38.9 Å². The highest BCUT2D eigenvalue weighted by Gasteiger charge is 2.27. The fraction of sp³-hybridized carbons (Fsp3) is 0.412. The highest BCUT2D eigenvalue weighted by atomic mass is 16.1. The second-order valence-electron chi connectivity index (χ2n) is 5.83. The van der Waals surface area contributed by atoms with Gasteiger partial charge >= 0.3 is 0 Å². The molecule has 1 fully saturated rings. The van der Waals surface area contributed by atoms with Gasteiger partial charge in [-0.05, 0) is 31.0 Å². The highest BCUT2D eigenvalue weighted by molar-refractivity contribution is 5.72. The lowest BCUT2D eigenvalue weighted by atomic mass is 10.1. The molecule has 1 amide bonds. The summed E-state index contributed by atoms with van der Waals surface area (Å²) < 4.78 is 0. The molecule has 0 radical (unpaired) electrons. The van der Waals surface area contributed by atoms with Gasteiger partial charge in [-0.2, -0.15) is 0 Å². The van der Waals surface area contributed by atoms with Crippen molar-refractivity contribution >= 4 is 5.91 Å². The molecule has 1 atom stereocenters. The van der Waals surface area contributed by atoms with Crippen LogP contribution in [0.15, 0.2) is 36.9 Å². The van der Waals surface area contributed by atoms with E-state index in [1.165, 1.54) is 12.5 Å². The number of hydrogen-bond acceptors (Lipinski definition) is 5. The molecule has 2 aromatic rings. The van der Waals surface area contributed by atoms with Crippen molar-refractivity contribution in [3.8, 4) is 0 Å². The zero-order chi connectivity index (χ0) is 16.1. The maximum atomic E-state index is 11.0. The summed E-state index contributed by atoms with van der Waals surface area (Å²) in [5.41, 5.74) is 2.99. The smallest absolute Gasteiger partial charge is 0.217 e. The van der Waals surface area contributed by atoms with Crippen LogP contribution in [0, 0.1) is 0 Å². The van der Waals surface area contributed by atoms with E-state index in [0.717, 1.165) is 37.3 Å². The quantitative estimate of drug-likeness (QED) is 0.912. The second kappa shape index (κ2) is 7.28. The van der Waals surface area contributed by atoms with E-state index in [9.17, 15) is 4.79 Å². The predicted molar refractivity (Wildman–Crippen MR) is 86.2 cm³/mol. The van der Waals surface area contributed by atoms with Gasteiger partial charge in [0.05, 0.1) is 36.4 Å². The van der Waals surface area contributed by atoms with Crippen molar-refractivity contribution < 1.29 is 4.79 Å².